The number of hydrogen-bond acceptors (Lipinski definition) is 4. The van der Waals surface area contributed by atoms with Crippen LogP contribution in [0.4, 0.5) is 5.69 Å². The van der Waals surface area contributed by atoms with E-state index in [1.165, 1.54) is 18.1 Å². The summed E-state index contributed by atoms with van der Waals surface area (Å²) in [5, 5.41) is 0. The molecule has 0 saturated heterocycles. The molecule has 0 unspecified atom stereocenters. The summed E-state index contributed by atoms with van der Waals surface area (Å²) in [6.07, 6.45) is 8.16. The second-order valence-electron chi connectivity index (χ2n) is 7.45. The third kappa shape index (κ3) is 5.58. The van der Waals surface area contributed by atoms with E-state index in [0.717, 1.165) is 62.1 Å². The Hall–Kier alpha value is -2.85. The first-order valence-electron chi connectivity index (χ1n) is 10.3. The van der Waals surface area contributed by atoms with E-state index in [0.29, 0.717) is 5.75 Å². The maximum Gasteiger partial charge on any atom is 0.308 e. The molecule has 2 aromatic rings. The Morgan fingerprint density at radius 3 is 2.66 bits per heavy atom. The Morgan fingerprint density at radius 1 is 1.21 bits per heavy atom. The van der Waals surface area contributed by atoms with Crippen LogP contribution in [0.5, 0.6) is 5.75 Å². The van der Waals surface area contributed by atoms with Crippen LogP contribution in [0.1, 0.15) is 42.9 Å². The highest BCUT2D eigenvalue weighted by Crippen LogP contribution is 2.30. The van der Waals surface area contributed by atoms with Gasteiger partial charge in [0.2, 0.25) is 0 Å². The molecule has 2 N–H and O–H groups in total. The zero-order valence-corrected chi connectivity index (χ0v) is 17.2. The summed E-state index contributed by atoms with van der Waals surface area (Å²) in [5.74, 6) is 0.197. The first-order chi connectivity index (χ1) is 14.1. The van der Waals surface area contributed by atoms with E-state index < -0.39 is 0 Å². The molecular formula is C25H30N2O2. The first-order valence-corrected chi connectivity index (χ1v) is 10.3. The van der Waals surface area contributed by atoms with Crippen molar-refractivity contribution in [2.24, 2.45) is 0 Å². The van der Waals surface area contributed by atoms with Gasteiger partial charge in [0, 0.05) is 31.3 Å². The Morgan fingerprint density at radius 2 is 2.00 bits per heavy atom. The molecule has 29 heavy (non-hydrogen) atoms. The molecule has 1 heterocycles. The summed E-state index contributed by atoms with van der Waals surface area (Å²) in [6, 6.07) is 14.2. The van der Waals surface area contributed by atoms with Gasteiger partial charge in [0.05, 0.1) is 0 Å². The largest absolute Gasteiger partial charge is 0.426 e. The average Bonchev–Trinajstić information content (AvgIpc) is 2.74. The predicted octanol–water partition coefficient (Wildman–Crippen LogP) is 4.95. The molecule has 0 atom stereocenters. The van der Waals surface area contributed by atoms with E-state index in [4.69, 9.17) is 10.5 Å². The number of esters is 1. The number of nitrogen functional groups attached to an aromatic ring is 1. The van der Waals surface area contributed by atoms with Gasteiger partial charge in [-0.05, 0) is 61.1 Å². The van der Waals surface area contributed by atoms with E-state index in [1.807, 2.05) is 0 Å². The SMILES string of the molecule is C=Cc1c(OC(C)=O)ccc(N)c1CCCCN1CC=C(c2ccccc2)CC1. The summed E-state index contributed by atoms with van der Waals surface area (Å²) >= 11 is 0. The molecule has 0 amide bonds. The number of unbranched alkanes of at least 4 members (excludes halogenated alkanes) is 1. The van der Waals surface area contributed by atoms with E-state index >= 15 is 0 Å². The first kappa shape index (κ1) is 20.9. The number of nitrogens with zero attached hydrogens (tertiary/aromatic N) is 1. The van der Waals surface area contributed by atoms with Crippen molar-refractivity contribution < 1.29 is 9.53 Å². The number of carbonyl (C=O) groups is 1. The normalized spacial score (nSPS) is 14.3. The van der Waals surface area contributed by atoms with Crippen molar-refractivity contribution in [1.29, 1.82) is 0 Å². The lowest BCUT2D eigenvalue weighted by molar-refractivity contribution is -0.131. The lowest BCUT2D eigenvalue weighted by Gasteiger charge is -2.26. The summed E-state index contributed by atoms with van der Waals surface area (Å²) in [7, 11) is 0. The predicted molar refractivity (Wildman–Crippen MR) is 121 cm³/mol. The van der Waals surface area contributed by atoms with Crippen LogP contribution in [-0.4, -0.2) is 30.5 Å². The third-order valence-corrected chi connectivity index (χ3v) is 5.40. The van der Waals surface area contributed by atoms with Gasteiger partial charge >= 0.3 is 5.97 Å². The lowest BCUT2D eigenvalue weighted by Crippen LogP contribution is -2.29. The standard InChI is InChI=1S/C25H30N2O2/c1-3-22-23(24(26)12-13-25(22)29-19(2)28)11-7-8-16-27-17-14-21(15-18-27)20-9-5-4-6-10-20/h3-6,9-10,12-14H,1,7-8,11,15-18,26H2,2H3. The maximum absolute atomic E-state index is 11.3. The minimum atomic E-state index is -0.336. The molecule has 3 rings (SSSR count). The number of anilines is 1. The van der Waals surface area contributed by atoms with E-state index in [9.17, 15) is 4.79 Å². The van der Waals surface area contributed by atoms with Crippen molar-refractivity contribution in [3.8, 4) is 5.75 Å². The molecule has 0 radical (unpaired) electrons. The molecule has 0 fully saturated rings. The van der Waals surface area contributed by atoms with Gasteiger partial charge in [0.15, 0.2) is 0 Å². The van der Waals surface area contributed by atoms with Gasteiger partial charge in [-0.3, -0.25) is 9.69 Å². The number of benzene rings is 2. The van der Waals surface area contributed by atoms with Crippen LogP contribution in [0.15, 0.2) is 55.1 Å². The molecule has 4 heteroatoms. The number of carbonyl (C=O) groups excluding carboxylic acids is 1. The summed E-state index contributed by atoms with van der Waals surface area (Å²) in [5.41, 5.74) is 11.5. The van der Waals surface area contributed by atoms with Crippen molar-refractivity contribution in [2.45, 2.75) is 32.6 Å². The van der Waals surface area contributed by atoms with Crippen molar-refractivity contribution in [1.82, 2.24) is 4.90 Å². The smallest absolute Gasteiger partial charge is 0.308 e. The summed E-state index contributed by atoms with van der Waals surface area (Å²) in [4.78, 5) is 13.8. The summed E-state index contributed by atoms with van der Waals surface area (Å²) in [6.45, 7) is 8.46. The third-order valence-electron chi connectivity index (χ3n) is 5.40. The Labute approximate surface area is 173 Å². The molecule has 152 valence electrons. The van der Waals surface area contributed by atoms with Crippen LogP contribution in [0, 0.1) is 0 Å². The minimum absolute atomic E-state index is 0.336. The van der Waals surface area contributed by atoms with Crippen LogP contribution in [-0.2, 0) is 11.2 Å². The van der Waals surface area contributed by atoms with E-state index in [2.05, 4.69) is 47.9 Å². The second kappa shape index (κ2) is 10.1. The maximum atomic E-state index is 11.3. The molecule has 0 aromatic heterocycles. The fraction of sp³-hybridized carbons (Fsp3) is 0.320. The molecule has 0 aliphatic carbocycles. The fourth-order valence-corrected chi connectivity index (χ4v) is 3.87. The highest BCUT2D eigenvalue weighted by atomic mass is 16.5. The Bertz CT molecular complexity index is 887. The number of ether oxygens (including phenoxy) is 1. The summed E-state index contributed by atoms with van der Waals surface area (Å²) < 4.78 is 5.30. The van der Waals surface area contributed by atoms with Gasteiger partial charge in [0.1, 0.15) is 5.75 Å². The van der Waals surface area contributed by atoms with Crippen molar-refractivity contribution in [2.75, 3.05) is 25.4 Å². The molecular weight excluding hydrogens is 360 g/mol. The van der Waals surface area contributed by atoms with Gasteiger partial charge in [-0.1, -0.05) is 49.1 Å². The second-order valence-corrected chi connectivity index (χ2v) is 7.45. The Kier molecular flexibility index (Phi) is 7.25. The van der Waals surface area contributed by atoms with Gasteiger partial charge in [-0.2, -0.15) is 0 Å². The van der Waals surface area contributed by atoms with Gasteiger partial charge < -0.3 is 10.5 Å². The van der Waals surface area contributed by atoms with Gasteiger partial charge in [-0.25, -0.2) is 0 Å². The number of hydrogen-bond donors (Lipinski definition) is 1. The Balaban J connectivity index is 1.52. The van der Waals surface area contributed by atoms with Crippen LogP contribution < -0.4 is 10.5 Å². The molecule has 1 aliphatic rings. The highest BCUT2D eigenvalue weighted by molar-refractivity contribution is 5.74. The van der Waals surface area contributed by atoms with E-state index in [-0.39, 0.29) is 5.97 Å². The fourth-order valence-electron chi connectivity index (χ4n) is 3.87. The average molecular weight is 391 g/mol. The van der Waals surface area contributed by atoms with Crippen LogP contribution in [0.3, 0.4) is 0 Å². The topological polar surface area (TPSA) is 55.6 Å². The van der Waals surface area contributed by atoms with Crippen LogP contribution in [0.25, 0.3) is 11.6 Å². The molecule has 1 aliphatic heterocycles. The zero-order chi connectivity index (χ0) is 20.6. The molecule has 2 aromatic carbocycles. The number of rotatable bonds is 8. The monoisotopic (exact) mass is 390 g/mol. The molecule has 4 nitrogen and oxygen atoms in total. The van der Waals surface area contributed by atoms with Crippen molar-refractivity contribution in [3.05, 3.63) is 71.8 Å². The highest BCUT2D eigenvalue weighted by Gasteiger charge is 2.14. The number of nitrogens with two attached hydrogens (primary N) is 1. The van der Waals surface area contributed by atoms with Crippen LogP contribution in [0.2, 0.25) is 0 Å². The van der Waals surface area contributed by atoms with Gasteiger partial charge in [0.25, 0.3) is 0 Å². The van der Waals surface area contributed by atoms with Crippen LogP contribution >= 0.6 is 0 Å². The lowest BCUT2D eigenvalue weighted by atomic mass is 9.98. The molecule has 0 saturated carbocycles. The zero-order valence-electron chi connectivity index (χ0n) is 17.2. The van der Waals surface area contributed by atoms with Crippen molar-refractivity contribution >= 4 is 23.3 Å². The molecule has 0 spiro atoms. The molecule has 0 bridgehead atoms. The van der Waals surface area contributed by atoms with E-state index in [1.54, 1.807) is 18.2 Å². The van der Waals surface area contributed by atoms with Gasteiger partial charge in [-0.15, -0.1) is 0 Å². The minimum Gasteiger partial charge on any atom is -0.426 e. The van der Waals surface area contributed by atoms with Crippen molar-refractivity contribution in [3.63, 3.8) is 0 Å². The quantitative estimate of drug-likeness (QED) is 0.300.